The maximum atomic E-state index is 12.4. The standard InChI is InChI=1S/C18H20Cl2N2O2/c1-11(14-9-8-13(19)10-15(14)20)21-12(2)18(23)22-16-6-4-5-7-17(16)24-3/h4-12,21H,1-3H3,(H,22,23)/p+1/t11-,12+/m1/s1. The summed E-state index contributed by atoms with van der Waals surface area (Å²) in [5.74, 6) is 0.531. The van der Waals surface area contributed by atoms with Crippen molar-refractivity contribution in [2.75, 3.05) is 12.4 Å². The van der Waals surface area contributed by atoms with Gasteiger partial charge in [-0.3, -0.25) is 4.79 Å². The molecule has 24 heavy (non-hydrogen) atoms. The number of carbonyl (C=O) groups is 1. The zero-order valence-electron chi connectivity index (χ0n) is 13.8. The first-order chi connectivity index (χ1) is 11.4. The summed E-state index contributed by atoms with van der Waals surface area (Å²) in [6.45, 7) is 3.85. The van der Waals surface area contributed by atoms with Crippen LogP contribution in [0.2, 0.25) is 10.0 Å². The van der Waals surface area contributed by atoms with Crippen molar-refractivity contribution in [3.05, 3.63) is 58.1 Å². The van der Waals surface area contributed by atoms with Gasteiger partial charge in [-0.2, -0.15) is 0 Å². The second-order valence-corrected chi connectivity index (χ2v) is 6.47. The van der Waals surface area contributed by atoms with Gasteiger partial charge in [0.25, 0.3) is 5.91 Å². The van der Waals surface area contributed by atoms with E-state index in [1.165, 1.54) is 0 Å². The molecule has 3 N–H and O–H groups in total. The molecule has 2 aromatic carbocycles. The first-order valence-corrected chi connectivity index (χ1v) is 8.41. The number of para-hydroxylation sites is 2. The van der Waals surface area contributed by atoms with Crippen molar-refractivity contribution in [2.24, 2.45) is 0 Å². The van der Waals surface area contributed by atoms with Crippen molar-refractivity contribution >= 4 is 34.8 Å². The molecule has 0 radical (unpaired) electrons. The lowest BCUT2D eigenvalue weighted by atomic mass is 10.1. The second-order valence-electron chi connectivity index (χ2n) is 5.63. The van der Waals surface area contributed by atoms with Crippen LogP contribution in [0, 0.1) is 0 Å². The molecule has 2 atom stereocenters. The number of nitrogens with one attached hydrogen (secondary N) is 1. The SMILES string of the molecule is COc1ccccc1NC(=O)[C@H](C)[NH2+][C@H](C)c1ccc(Cl)cc1Cl. The minimum Gasteiger partial charge on any atom is -0.495 e. The minimum absolute atomic E-state index is 0.0215. The molecule has 1 amide bonds. The van der Waals surface area contributed by atoms with E-state index in [1.54, 1.807) is 25.3 Å². The molecule has 0 spiro atoms. The lowest BCUT2D eigenvalue weighted by Crippen LogP contribution is -2.91. The third-order valence-electron chi connectivity index (χ3n) is 3.81. The third-order valence-corrected chi connectivity index (χ3v) is 4.37. The number of methoxy groups -OCH3 is 1. The Balaban J connectivity index is 2.03. The Morgan fingerprint density at radius 1 is 1.17 bits per heavy atom. The Morgan fingerprint density at radius 3 is 2.54 bits per heavy atom. The molecule has 0 heterocycles. The number of ether oxygens (including phenoxy) is 1. The zero-order chi connectivity index (χ0) is 17.7. The van der Waals surface area contributed by atoms with E-state index in [1.807, 2.05) is 43.4 Å². The van der Waals surface area contributed by atoms with Crippen molar-refractivity contribution < 1.29 is 14.8 Å². The number of quaternary nitrogens is 1. The fraction of sp³-hybridized carbons (Fsp3) is 0.278. The highest BCUT2D eigenvalue weighted by Crippen LogP contribution is 2.25. The van der Waals surface area contributed by atoms with Gasteiger partial charge in [-0.15, -0.1) is 0 Å². The number of benzene rings is 2. The van der Waals surface area contributed by atoms with Crippen molar-refractivity contribution in [2.45, 2.75) is 25.9 Å². The molecule has 0 aliphatic heterocycles. The molecule has 0 saturated carbocycles. The molecule has 128 valence electrons. The van der Waals surface area contributed by atoms with Crippen molar-refractivity contribution in [3.8, 4) is 5.75 Å². The summed E-state index contributed by atoms with van der Waals surface area (Å²) in [6, 6.07) is 12.4. The zero-order valence-corrected chi connectivity index (χ0v) is 15.4. The fourth-order valence-corrected chi connectivity index (χ4v) is 3.07. The third kappa shape index (κ3) is 4.63. The Morgan fingerprint density at radius 2 is 1.88 bits per heavy atom. The minimum atomic E-state index is -0.295. The highest BCUT2D eigenvalue weighted by molar-refractivity contribution is 6.35. The number of amides is 1. The molecule has 0 aliphatic rings. The van der Waals surface area contributed by atoms with Crippen LogP contribution in [0.15, 0.2) is 42.5 Å². The van der Waals surface area contributed by atoms with Crippen LogP contribution in [-0.2, 0) is 4.79 Å². The van der Waals surface area contributed by atoms with Gasteiger partial charge in [0.2, 0.25) is 0 Å². The molecular formula is C18H21Cl2N2O2+. The van der Waals surface area contributed by atoms with Crippen LogP contribution in [0.5, 0.6) is 5.75 Å². The maximum absolute atomic E-state index is 12.4. The summed E-state index contributed by atoms with van der Waals surface area (Å²) >= 11 is 12.2. The highest BCUT2D eigenvalue weighted by Gasteiger charge is 2.22. The Kier molecular flexibility index (Phi) is 6.49. The van der Waals surface area contributed by atoms with Gasteiger partial charge in [0.05, 0.1) is 17.8 Å². The van der Waals surface area contributed by atoms with Crippen LogP contribution >= 0.6 is 23.2 Å². The molecule has 0 fully saturated rings. The maximum Gasteiger partial charge on any atom is 0.282 e. The van der Waals surface area contributed by atoms with Gasteiger partial charge >= 0.3 is 0 Å². The lowest BCUT2D eigenvalue weighted by Gasteiger charge is -2.18. The molecule has 2 rings (SSSR count). The van der Waals surface area contributed by atoms with Gasteiger partial charge in [-0.1, -0.05) is 41.4 Å². The van der Waals surface area contributed by atoms with Crippen molar-refractivity contribution in [1.29, 1.82) is 0 Å². The lowest BCUT2D eigenvalue weighted by molar-refractivity contribution is -0.709. The van der Waals surface area contributed by atoms with E-state index in [-0.39, 0.29) is 18.0 Å². The number of anilines is 1. The molecule has 0 aliphatic carbocycles. The Bertz CT molecular complexity index is 722. The van der Waals surface area contributed by atoms with Crippen LogP contribution in [0.3, 0.4) is 0 Å². The molecular weight excluding hydrogens is 347 g/mol. The molecule has 2 aromatic rings. The second kappa shape index (κ2) is 8.38. The molecule has 0 saturated heterocycles. The molecule has 0 unspecified atom stereocenters. The van der Waals surface area contributed by atoms with Crippen LogP contribution in [0.4, 0.5) is 5.69 Å². The van der Waals surface area contributed by atoms with E-state index in [4.69, 9.17) is 27.9 Å². The highest BCUT2D eigenvalue weighted by atomic mass is 35.5. The van der Waals surface area contributed by atoms with Crippen LogP contribution in [0.1, 0.15) is 25.5 Å². The van der Waals surface area contributed by atoms with E-state index in [0.717, 1.165) is 5.56 Å². The summed E-state index contributed by atoms with van der Waals surface area (Å²) < 4.78 is 5.25. The average molecular weight is 368 g/mol. The predicted molar refractivity (Wildman–Crippen MR) is 97.9 cm³/mol. The normalized spacial score (nSPS) is 13.2. The predicted octanol–water partition coefficient (Wildman–Crippen LogP) is 3.65. The largest absolute Gasteiger partial charge is 0.495 e. The molecule has 6 heteroatoms. The van der Waals surface area contributed by atoms with E-state index in [9.17, 15) is 4.79 Å². The molecule has 4 nitrogen and oxygen atoms in total. The number of hydrogen-bond donors (Lipinski definition) is 2. The Labute approximate surface area is 152 Å². The smallest absolute Gasteiger partial charge is 0.282 e. The van der Waals surface area contributed by atoms with Crippen molar-refractivity contribution in [1.82, 2.24) is 0 Å². The summed E-state index contributed by atoms with van der Waals surface area (Å²) in [4.78, 5) is 12.4. The number of rotatable bonds is 6. The van der Waals surface area contributed by atoms with E-state index < -0.39 is 0 Å². The monoisotopic (exact) mass is 367 g/mol. The molecule has 0 aromatic heterocycles. The number of nitrogens with two attached hydrogens (primary N) is 1. The van der Waals surface area contributed by atoms with Crippen LogP contribution in [-0.4, -0.2) is 19.1 Å². The number of hydrogen-bond acceptors (Lipinski definition) is 2. The topological polar surface area (TPSA) is 54.9 Å². The van der Waals surface area contributed by atoms with E-state index >= 15 is 0 Å². The van der Waals surface area contributed by atoms with Gasteiger partial charge in [0.15, 0.2) is 6.04 Å². The molecule has 0 bridgehead atoms. The summed E-state index contributed by atoms with van der Waals surface area (Å²) in [5, 5.41) is 6.05. The van der Waals surface area contributed by atoms with Crippen molar-refractivity contribution in [3.63, 3.8) is 0 Å². The Hall–Kier alpha value is -1.75. The van der Waals surface area contributed by atoms with E-state index in [2.05, 4.69) is 5.32 Å². The summed E-state index contributed by atoms with van der Waals surface area (Å²) in [7, 11) is 1.57. The fourth-order valence-electron chi connectivity index (χ4n) is 2.49. The quantitative estimate of drug-likeness (QED) is 0.818. The van der Waals surface area contributed by atoms with Crippen LogP contribution in [0.25, 0.3) is 0 Å². The summed E-state index contributed by atoms with van der Waals surface area (Å²) in [5.41, 5.74) is 1.60. The van der Waals surface area contributed by atoms with Crippen LogP contribution < -0.4 is 15.4 Å². The average Bonchev–Trinajstić information content (AvgIpc) is 2.55. The van der Waals surface area contributed by atoms with Gasteiger partial charge in [-0.05, 0) is 38.1 Å². The van der Waals surface area contributed by atoms with Gasteiger partial charge < -0.3 is 15.4 Å². The van der Waals surface area contributed by atoms with E-state index in [0.29, 0.717) is 21.5 Å². The van der Waals surface area contributed by atoms with Gasteiger partial charge in [0.1, 0.15) is 11.8 Å². The number of halogens is 2. The number of carbonyl (C=O) groups excluding carboxylic acids is 1. The van der Waals surface area contributed by atoms with Gasteiger partial charge in [-0.25, -0.2) is 0 Å². The first kappa shape index (κ1) is 18.6. The first-order valence-electron chi connectivity index (χ1n) is 7.66. The summed E-state index contributed by atoms with van der Waals surface area (Å²) in [6.07, 6.45) is 0. The van der Waals surface area contributed by atoms with Gasteiger partial charge in [0, 0.05) is 10.6 Å².